The second kappa shape index (κ2) is 9.35. The highest BCUT2D eigenvalue weighted by atomic mass is 79.9. The molecule has 0 radical (unpaired) electrons. The zero-order chi connectivity index (χ0) is 20.1. The molecule has 146 valence electrons. The molecule has 0 spiro atoms. The third-order valence-corrected chi connectivity index (χ3v) is 5.58. The van der Waals surface area contributed by atoms with Gasteiger partial charge in [0.15, 0.2) is 11.5 Å². The fourth-order valence-corrected chi connectivity index (χ4v) is 3.63. The number of benzene rings is 3. The number of nitrogens with one attached hydrogen (secondary N) is 1. The number of aryl methyl sites for hydroxylation is 2. The van der Waals surface area contributed by atoms with E-state index in [0.717, 1.165) is 21.3 Å². The second-order valence-corrected chi connectivity index (χ2v) is 7.90. The van der Waals surface area contributed by atoms with Gasteiger partial charge in [-0.25, -0.2) is 0 Å². The van der Waals surface area contributed by atoms with E-state index in [0.29, 0.717) is 29.7 Å². The van der Waals surface area contributed by atoms with Crippen LogP contribution in [0.2, 0.25) is 5.02 Å². The first-order valence-corrected chi connectivity index (χ1v) is 10.2. The molecule has 0 heterocycles. The molecule has 0 fully saturated rings. The van der Waals surface area contributed by atoms with Crippen LogP contribution in [0.1, 0.15) is 22.3 Å². The Bertz CT molecular complexity index is 975. The zero-order valence-corrected chi connectivity index (χ0v) is 18.5. The van der Waals surface area contributed by atoms with Crippen molar-refractivity contribution in [1.29, 1.82) is 0 Å². The van der Waals surface area contributed by atoms with E-state index in [1.165, 1.54) is 11.1 Å². The molecule has 3 nitrogen and oxygen atoms in total. The standard InChI is InChI=1S/C23H23BrClNO2/c1-15-8-9-19(10-16(15)2)26-13-17-11-20(24)23(22(12-17)27-3)28-14-18-6-4-5-7-21(18)25/h4-12,26H,13-14H2,1-3H3. The minimum Gasteiger partial charge on any atom is -0.493 e. The molecule has 0 saturated carbocycles. The molecule has 0 amide bonds. The lowest BCUT2D eigenvalue weighted by Crippen LogP contribution is -2.03. The Labute approximate surface area is 179 Å². The van der Waals surface area contributed by atoms with E-state index in [-0.39, 0.29) is 0 Å². The topological polar surface area (TPSA) is 30.5 Å². The highest BCUT2D eigenvalue weighted by Gasteiger charge is 2.13. The van der Waals surface area contributed by atoms with E-state index in [9.17, 15) is 0 Å². The monoisotopic (exact) mass is 459 g/mol. The summed E-state index contributed by atoms with van der Waals surface area (Å²) < 4.78 is 12.4. The van der Waals surface area contributed by atoms with Gasteiger partial charge in [-0.3, -0.25) is 0 Å². The summed E-state index contributed by atoms with van der Waals surface area (Å²) in [6.45, 7) is 5.28. The van der Waals surface area contributed by atoms with E-state index in [2.05, 4.69) is 53.3 Å². The van der Waals surface area contributed by atoms with Gasteiger partial charge in [-0.15, -0.1) is 0 Å². The quantitative estimate of drug-likeness (QED) is 0.415. The van der Waals surface area contributed by atoms with Crippen LogP contribution >= 0.6 is 27.5 Å². The highest BCUT2D eigenvalue weighted by Crippen LogP contribution is 2.37. The fraction of sp³-hybridized carbons (Fsp3) is 0.217. The van der Waals surface area contributed by atoms with Crippen LogP contribution in [0.5, 0.6) is 11.5 Å². The minimum atomic E-state index is 0.370. The van der Waals surface area contributed by atoms with Crippen molar-refractivity contribution in [2.24, 2.45) is 0 Å². The van der Waals surface area contributed by atoms with Crippen molar-refractivity contribution in [3.8, 4) is 11.5 Å². The molecule has 0 atom stereocenters. The van der Waals surface area contributed by atoms with Gasteiger partial charge >= 0.3 is 0 Å². The van der Waals surface area contributed by atoms with Crippen LogP contribution < -0.4 is 14.8 Å². The van der Waals surface area contributed by atoms with Gasteiger partial charge in [-0.1, -0.05) is 35.9 Å². The van der Waals surface area contributed by atoms with Gasteiger partial charge in [0, 0.05) is 22.8 Å². The summed E-state index contributed by atoms with van der Waals surface area (Å²) >= 11 is 9.83. The summed E-state index contributed by atoms with van der Waals surface area (Å²) in [5.41, 5.74) is 5.67. The minimum absolute atomic E-state index is 0.370. The molecule has 3 rings (SSSR count). The summed E-state index contributed by atoms with van der Waals surface area (Å²) in [6, 6.07) is 18.0. The molecule has 5 heteroatoms. The predicted octanol–water partition coefficient (Wildman–Crippen LogP) is 6.92. The van der Waals surface area contributed by atoms with Crippen molar-refractivity contribution in [2.45, 2.75) is 27.0 Å². The second-order valence-electron chi connectivity index (χ2n) is 6.64. The third-order valence-electron chi connectivity index (χ3n) is 4.62. The molecule has 0 aliphatic carbocycles. The van der Waals surface area contributed by atoms with Crippen LogP contribution in [-0.2, 0) is 13.2 Å². The van der Waals surface area contributed by atoms with Crippen LogP contribution in [0.3, 0.4) is 0 Å². The predicted molar refractivity (Wildman–Crippen MR) is 120 cm³/mol. The normalized spacial score (nSPS) is 10.6. The Morgan fingerprint density at radius 3 is 2.50 bits per heavy atom. The molecule has 0 aliphatic heterocycles. The number of anilines is 1. The molecule has 3 aromatic rings. The molecule has 0 aliphatic rings. The summed E-state index contributed by atoms with van der Waals surface area (Å²) in [6.07, 6.45) is 0. The van der Waals surface area contributed by atoms with Crippen LogP contribution in [0.15, 0.2) is 59.1 Å². The van der Waals surface area contributed by atoms with E-state index in [4.69, 9.17) is 21.1 Å². The largest absolute Gasteiger partial charge is 0.493 e. The number of ether oxygens (including phenoxy) is 2. The lowest BCUT2D eigenvalue weighted by Gasteiger charge is -2.16. The first-order chi connectivity index (χ1) is 13.5. The van der Waals surface area contributed by atoms with Crippen molar-refractivity contribution in [3.05, 3.63) is 86.3 Å². The highest BCUT2D eigenvalue weighted by molar-refractivity contribution is 9.10. The molecule has 0 saturated heterocycles. The Morgan fingerprint density at radius 2 is 1.79 bits per heavy atom. The van der Waals surface area contributed by atoms with Crippen LogP contribution in [-0.4, -0.2) is 7.11 Å². The summed E-state index contributed by atoms with van der Waals surface area (Å²) in [7, 11) is 1.64. The maximum Gasteiger partial charge on any atom is 0.175 e. The van der Waals surface area contributed by atoms with E-state index in [1.807, 2.05) is 36.4 Å². The van der Waals surface area contributed by atoms with Gasteiger partial charge in [0.25, 0.3) is 0 Å². The van der Waals surface area contributed by atoms with Crippen molar-refractivity contribution in [2.75, 3.05) is 12.4 Å². The number of rotatable bonds is 7. The Hall–Kier alpha value is -2.17. The molecular formula is C23H23BrClNO2. The van der Waals surface area contributed by atoms with Crippen LogP contribution in [0, 0.1) is 13.8 Å². The average molecular weight is 461 g/mol. The first kappa shape index (κ1) is 20.6. The van der Waals surface area contributed by atoms with Crippen molar-refractivity contribution in [1.82, 2.24) is 0 Å². The van der Waals surface area contributed by atoms with Gasteiger partial charge in [0.05, 0.1) is 11.6 Å². The van der Waals surface area contributed by atoms with Crippen molar-refractivity contribution < 1.29 is 9.47 Å². The molecule has 0 bridgehead atoms. The fourth-order valence-electron chi connectivity index (χ4n) is 2.84. The number of hydrogen-bond acceptors (Lipinski definition) is 3. The van der Waals surface area contributed by atoms with Gasteiger partial charge in [-0.05, 0) is 76.8 Å². The van der Waals surface area contributed by atoms with E-state index in [1.54, 1.807) is 7.11 Å². The maximum absolute atomic E-state index is 6.22. The Morgan fingerprint density at radius 1 is 1.00 bits per heavy atom. The number of halogens is 2. The van der Waals surface area contributed by atoms with E-state index < -0.39 is 0 Å². The lowest BCUT2D eigenvalue weighted by molar-refractivity contribution is 0.282. The summed E-state index contributed by atoms with van der Waals surface area (Å²) in [4.78, 5) is 0. The molecule has 28 heavy (non-hydrogen) atoms. The number of methoxy groups -OCH3 is 1. The van der Waals surface area contributed by atoms with Gasteiger partial charge in [0.2, 0.25) is 0 Å². The number of hydrogen-bond donors (Lipinski definition) is 1. The van der Waals surface area contributed by atoms with Crippen molar-refractivity contribution >= 4 is 33.2 Å². The van der Waals surface area contributed by atoms with E-state index >= 15 is 0 Å². The molecule has 3 aromatic carbocycles. The zero-order valence-electron chi connectivity index (χ0n) is 16.2. The van der Waals surface area contributed by atoms with Crippen LogP contribution in [0.4, 0.5) is 5.69 Å². The Balaban J connectivity index is 1.73. The van der Waals surface area contributed by atoms with Crippen LogP contribution in [0.25, 0.3) is 0 Å². The molecule has 0 aromatic heterocycles. The Kier molecular flexibility index (Phi) is 6.87. The summed E-state index contributed by atoms with van der Waals surface area (Å²) in [5, 5.41) is 4.14. The van der Waals surface area contributed by atoms with Crippen molar-refractivity contribution in [3.63, 3.8) is 0 Å². The first-order valence-electron chi connectivity index (χ1n) is 9.01. The summed E-state index contributed by atoms with van der Waals surface area (Å²) in [5.74, 6) is 1.34. The average Bonchev–Trinajstić information content (AvgIpc) is 2.68. The SMILES string of the molecule is COc1cc(CNc2ccc(C)c(C)c2)cc(Br)c1OCc1ccccc1Cl. The van der Waals surface area contributed by atoms with Gasteiger partial charge in [-0.2, -0.15) is 0 Å². The molecule has 1 N–H and O–H groups in total. The lowest BCUT2D eigenvalue weighted by atomic mass is 10.1. The molecule has 0 unspecified atom stereocenters. The smallest absolute Gasteiger partial charge is 0.175 e. The third kappa shape index (κ3) is 5.00. The molecular weight excluding hydrogens is 438 g/mol. The maximum atomic E-state index is 6.22. The van der Waals surface area contributed by atoms with Gasteiger partial charge < -0.3 is 14.8 Å². The van der Waals surface area contributed by atoms with Gasteiger partial charge in [0.1, 0.15) is 6.61 Å².